The second-order valence-corrected chi connectivity index (χ2v) is 4.35. The first-order valence-electron chi connectivity index (χ1n) is 5.24. The lowest BCUT2D eigenvalue weighted by Crippen LogP contribution is -2.00. The van der Waals surface area contributed by atoms with Gasteiger partial charge in [0.1, 0.15) is 0 Å². The van der Waals surface area contributed by atoms with Crippen LogP contribution >= 0.6 is 15.9 Å². The Bertz CT molecular complexity index is 324. The third-order valence-electron chi connectivity index (χ3n) is 2.87. The number of alkyl halides is 1. The molecule has 0 nitrogen and oxygen atoms in total. The van der Waals surface area contributed by atoms with Gasteiger partial charge >= 0.3 is 0 Å². The molecule has 74 valence electrons. The fourth-order valence-electron chi connectivity index (χ4n) is 2.10. The molecule has 0 spiro atoms. The highest BCUT2D eigenvalue weighted by Crippen LogP contribution is 2.32. The molecule has 1 heteroatoms. The van der Waals surface area contributed by atoms with Gasteiger partial charge < -0.3 is 0 Å². The van der Waals surface area contributed by atoms with Crippen LogP contribution in [0, 0.1) is 0 Å². The van der Waals surface area contributed by atoms with Crippen LogP contribution in [-0.4, -0.2) is 5.33 Å². The van der Waals surface area contributed by atoms with Gasteiger partial charge in [-0.1, -0.05) is 51.8 Å². The second-order valence-electron chi connectivity index (χ2n) is 3.79. The monoisotopic (exact) mass is 250 g/mol. The van der Waals surface area contributed by atoms with Crippen molar-refractivity contribution in [2.75, 3.05) is 5.33 Å². The van der Waals surface area contributed by atoms with E-state index in [-0.39, 0.29) is 0 Å². The van der Waals surface area contributed by atoms with Gasteiger partial charge in [-0.15, -0.1) is 0 Å². The summed E-state index contributed by atoms with van der Waals surface area (Å²) >= 11 is 3.59. The first-order chi connectivity index (χ1) is 6.92. The van der Waals surface area contributed by atoms with E-state index >= 15 is 0 Å². The number of benzene rings is 1. The molecule has 1 aliphatic carbocycles. The molecule has 0 aromatic heterocycles. The summed E-state index contributed by atoms with van der Waals surface area (Å²) in [6, 6.07) is 10.8. The summed E-state index contributed by atoms with van der Waals surface area (Å²) in [5, 5.41) is 1.04. The molecule has 2 rings (SSSR count). The first-order valence-corrected chi connectivity index (χ1v) is 6.36. The SMILES string of the molecule is BrCC1=C(c2ccccc2)CCCC1. The van der Waals surface area contributed by atoms with Crippen molar-refractivity contribution < 1.29 is 0 Å². The summed E-state index contributed by atoms with van der Waals surface area (Å²) in [5.41, 5.74) is 4.60. The maximum atomic E-state index is 3.59. The Morgan fingerprint density at radius 1 is 1.00 bits per heavy atom. The fourth-order valence-corrected chi connectivity index (χ4v) is 2.72. The van der Waals surface area contributed by atoms with Gasteiger partial charge in [0, 0.05) is 5.33 Å². The molecule has 14 heavy (non-hydrogen) atoms. The summed E-state index contributed by atoms with van der Waals surface area (Å²) in [7, 11) is 0. The zero-order chi connectivity index (χ0) is 9.80. The molecular formula is C13H15Br. The second kappa shape index (κ2) is 4.79. The van der Waals surface area contributed by atoms with Crippen LogP contribution in [0.4, 0.5) is 0 Å². The number of rotatable bonds is 2. The highest BCUT2D eigenvalue weighted by atomic mass is 79.9. The molecule has 0 saturated heterocycles. The van der Waals surface area contributed by atoms with E-state index in [1.807, 2.05) is 0 Å². The van der Waals surface area contributed by atoms with E-state index < -0.39 is 0 Å². The van der Waals surface area contributed by atoms with E-state index in [1.165, 1.54) is 31.2 Å². The molecule has 1 aromatic carbocycles. The molecule has 0 heterocycles. The predicted molar refractivity (Wildman–Crippen MR) is 65.6 cm³/mol. The van der Waals surface area contributed by atoms with Crippen molar-refractivity contribution in [3.05, 3.63) is 41.5 Å². The molecule has 0 unspecified atom stereocenters. The number of allylic oxidation sites excluding steroid dienone is 2. The summed E-state index contributed by atoms with van der Waals surface area (Å²) in [4.78, 5) is 0. The summed E-state index contributed by atoms with van der Waals surface area (Å²) in [6.45, 7) is 0. The lowest BCUT2D eigenvalue weighted by molar-refractivity contribution is 0.716. The largest absolute Gasteiger partial charge is 0.0880 e. The van der Waals surface area contributed by atoms with Crippen LogP contribution in [0.5, 0.6) is 0 Å². The minimum absolute atomic E-state index is 1.04. The van der Waals surface area contributed by atoms with Crippen LogP contribution in [-0.2, 0) is 0 Å². The molecule has 1 aliphatic rings. The van der Waals surface area contributed by atoms with Crippen molar-refractivity contribution in [2.24, 2.45) is 0 Å². The Morgan fingerprint density at radius 3 is 2.43 bits per heavy atom. The molecule has 0 atom stereocenters. The predicted octanol–water partition coefficient (Wildman–Crippen LogP) is 4.41. The van der Waals surface area contributed by atoms with Crippen LogP contribution in [0.1, 0.15) is 31.2 Å². The van der Waals surface area contributed by atoms with Crippen molar-refractivity contribution in [2.45, 2.75) is 25.7 Å². The average Bonchev–Trinajstić information content (AvgIpc) is 2.30. The van der Waals surface area contributed by atoms with Crippen LogP contribution in [0.25, 0.3) is 5.57 Å². The third-order valence-corrected chi connectivity index (χ3v) is 3.54. The van der Waals surface area contributed by atoms with Gasteiger partial charge in [-0.05, 0) is 36.8 Å². The van der Waals surface area contributed by atoms with Crippen molar-refractivity contribution in [3.8, 4) is 0 Å². The Morgan fingerprint density at radius 2 is 1.71 bits per heavy atom. The smallest absolute Gasteiger partial charge is 0.0247 e. The lowest BCUT2D eigenvalue weighted by Gasteiger charge is -2.19. The maximum Gasteiger partial charge on any atom is 0.0247 e. The zero-order valence-corrected chi connectivity index (χ0v) is 9.89. The minimum Gasteiger partial charge on any atom is -0.0880 e. The topological polar surface area (TPSA) is 0 Å². The molecule has 0 amide bonds. The number of hydrogen-bond acceptors (Lipinski definition) is 0. The number of halogens is 1. The quantitative estimate of drug-likeness (QED) is 0.683. The molecule has 0 radical (unpaired) electrons. The molecule has 0 bridgehead atoms. The summed E-state index contributed by atoms with van der Waals surface area (Å²) in [5.74, 6) is 0. The van der Waals surface area contributed by atoms with Crippen LogP contribution in [0.3, 0.4) is 0 Å². The van der Waals surface area contributed by atoms with Gasteiger partial charge in [0.2, 0.25) is 0 Å². The van der Waals surface area contributed by atoms with Crippen LogP contribution in [0.15, 0.2) is 35.9 Å². The zero-order valence-electron chi connectivity index (χ0n) is 8.30. The first kappa shape index (κ1) is 9.97. The Labute approximate surface area is 94.2 Å². The lowest BCUT2D eigenvalue weighted by atomic mass is 9.88. The Balaban J connectivity index is 2.35. The van der Waals surface area contributed by atoms with Crippen molar-refractivity contribution in [1.82, 2.24) is 0 Å². The van der Waals surface area contributed by atoms with Crippen LogP contribution < -0.4 is 0 Å². The van der Waals surface area contributed by atoms with Gasteiger partial charge in [0.25, 0.3) is 0 Å². The Kier molecular flexibility index (Phi) is 3.41. The molecule has 0 aliphatic heterocycles. The molecular weight excluding hydrogens is 236 g/mol. The highest BCUT2D eigenvalue weighted by molar-refractivity contribution is 9.09. The van der Waals surface area contributed by atoms with E-state index in [4.69, 9.17) is 0 Å². The van der Waals surface area contributed by atoms with Gasteiger partial charge in [-0.3, -0.25) is 0 Å². The average molecular weight is 251 g/mol. The molecule has 1 aromatic rings. The van der Waals surface area contributed by atoms with E-state index in [1.54, 1.807) is 11.1 Å². The maximum absolute atomic E-state index is 3.59. The normalized spacial score (nSPS) is 17.2. The summed E-state index contributed by atoms with van der Waals surface area (Å²) < 4.78 is 0. The molecule has 0 saturated carbocycles. The summed E-state index contributed by atoms with van der Waals surface area (Å²) in [6.07, 6.45) is 5.23. The van der Waals surface area contributed by atoms with Gasteiger partial charge in [0.15, 0.2) is 0 Å². The minimum atomic E-state index is 1.04. The number of hydrogen-bond donors (Lipinski definition) is 0. The van der Waals surface area contributed by atoms with E-state index in [0.717, 1.165) is 5.33 Å². The third kappa shape index (κ3) is 2.09. The van der Waals surface area contributed by atoms with Gasteiger partial charge in [0.05, 0.1) is 0 Å². The Hall–Kier alpha value is -0.560. The standard InChI is InChI=1S/C13H15Br/c14-10-12-8-4-5-9-13(12)11-6-2-1-3-7-11/h1-3,6-7H,4-5,8-10H2. The van der Waals surface area contributed by atoms with Crippen molar-refractivity contribution in [3.63, 3.8) is 0 Å². The molecule has 0 fully saturated rings. The van der Waals surface area contributed by atoms with E-state index in [2.05, 4.69) is 46.3 Å². The van der Waals surface area contributed by atoms with Gasteiger partial charge in [-0.2, -0.15) is 0 Å². The van der Waals surface area contributed by atoms with Gasteiger partial charge in [-0.25, -0.2) is 0 Å². The fraction of sp³-hybridized carbons (Fsp3) is 0.385. The highest BCUT2D eigenvalue weighted by Gasteiger charge is 2.12. The van der Waals surface area contributed by atoms with Crippen molar-refractivity contribution in [1.29, 1.82) is 0 Å². The van der Waals surface area contributed by atoms with E-state index in [9.17, 15) is 0 Å². The van der Waals surface area contributed by atoms with Crippen molar-refractivity contribution >= 4 is 21.5 Å². The molecule has 0 N–H and O–H groups in total. The van der Waals surface area contributed by atoms with Crippen LogP contribution in [0.2, 0.25) is 0 Å². The van der Waals surface area contributed by atoms with E-state index in [0.29, 0.717) is 0 Å².